The summed E-state index contributed by atoms with van der Waals surface area (Å²) >= 11 is 0. The fourth-order valence-corrected chi connectivity index (χ4v) is 1.58. The molecular formula is C12H20ClNO4. The Morgan fingerprint density at radius 3 is 2.00 bits per heavy atom. The van der Waals surface area contributed by atoms with E-state index in [1.165, 1.54) is 14.2 Å². The summed E-state index contributed by atoms with van der Waals surface area (Å²) in [6, 6.07) is 2.66. The third-order valence-corrected chi connectivity index (χ3v) is 2.72. The Kier molecular flexibility index (Phi) is 6.83. The first kappa shape index (κ1) is 16.8. The van der Waals surface area contributed by atoms with E-state index in [4.69, 9.17) is 15.2 Å². The van der Waals surface area contributed by atoms with Crippen LogP contribution in [0.4, 0.5) is 0 Å². The van der Waals surface area contributed by atoms with Crippen molar-refractivity contribution >= 4 is 12.4 Å². The third kappa shape index (κ3) is 3.41. The van der Waals surface area contributed by atoms with Crippen molar-refractivity contribution < 1.29 is 19.7 Å². The van der Waals surface area contributed by atoms with E-state index < -0.39 is 12.1 Å². The van der Waals surface area contributed by atoms with Crippen LogP contribution in [0, 0.1) is 0 Å². The molecular weight excluding hydrogens is 258 g/mol. The van der Waals surface area contributed by atoms with Gasteiger partial charge in [-0.05, 0) is 24.1 Å². The maximum absolute atomic E-state index is 9.74. The van der Waals surface area contributed by atoms with E-state index >= 15 is 0 Å². The van der Waals surface area contributed by atoms with E-state index in [1.807, 2.05) is 6.92 Å². The first-order valence-corrected chi connectivity index (χ1v) is 5.43. The monoisotopic (exact) mass is 277 g/mol. The Hall–Kier alpha value is -1.17. The summed E-state index contributed by atoms with van der Waals surface area (Å²) in [5, 5.41) is 19.4. The number of phenols is 1. The normalized spacial score (nSPS) is 13.4. The lowest BCUT2D eigenvalue weighted by atomic mass is 10.00. The van der Waals surface area contributed by atoms with Crippen LogP contribution in [0.3, 0.4) is 0 Å². The first-order valence-electron chi connectivity index (χ1n) is 5.43. The number of benzene rings is 1. The van der Waals surface area contributed by atoms with Crippen molar-refractivity contribution in [3.8, 4) is 17.2 Å². The lowest BCUT2D eigenvalue weighted by molar-refractivity contribution is 0.140. The van der Waals surface area contributed by atoms with Crippen LogP contribution in [0.15, 0.2) is 12.1 Å². The predicted octanol–water partition coefficient (Wildman–Crippen LogP) is 1.60. The van der Waals surface area contributed by atoms with Crippen molar-refractivity contribution in [1.82, 2.24) is 0 Å². The van der Waals surface area contributed by atoms with E-state index in [2.05, 4.69) is 0 Å². The van der Waals surface area contributed by atoms with E-state index in [0.29, 0.717) is 12.0 Å². The Labute approximate surface area is 113 Å². The van der Waals surface area contributed by atoms with Gasteiger partial charge < -0.3 is 25.4 Å². The topological polar surface area (TPSA) is 84.9 Å². The molecule has 0 aliphatic heterocycles. The minimum Gasteiger partial charge on any atom is -0.502 e. The first-order chi connectivity index (χ1) is 8.04. The van der Waals surface area contributed by atoms with Gasteiger partial charge in [0.15, 0.2) is 11.5 Å². The minimum absolute atomic E-state index is 0. The summed E-state index contributed by atoms with van der Waals surface area (Å²) in [7, 11) is 2.89. The zero-order chi connectivity index (χ0) is 13.0. The molecule has 0 aromatic heterocycles. The largest absolute Gasteiger partial charge is 0.502 e. The summed E-state index contributed by atoms with van der Waals surface area (Å²) in [4.78, 5) is 0. The molecule has 4 N–H and O–H groups in total. The van der Waals surface area contributed by atoms with E-state index in [-0.39, 0.29) is 29.7 Å². The number of rotatable bonds is 5. The second-order valence-electron chi connectivity index (χ2n) is 3.78. The van der Waals surface area contributed by atoms with E-state index in [1.54, 1.807) is 12.1 Å². The van der Waals surface area contributed by atoms with Gasteiger partial charge in [-0.1, -0.05) is 6.92 Å². The summed E-state index contributed by atoms with van der Waals surface area (Å²) < 4.78 is 10.0. The molecule has 1 rings (SSSR count). The highest BCUT2D eigenvalue weighted by Gasteiger charge is 2.19. The molecule has 6 heteroatoms. The van der Waals surface area contributed by atoms with Crippen LogP contribution in [0.25, 0.3) is 0 Å². The molecule has 104 valence electrons. The van der Waals surface area contributed by atoms with Gasteiger partial charge in [-0.25, -0.2) is 0 Å². The average Bonchev–Trinajstić information content (AvgIpc) is 2.37. The predicted molar refractivity (Wildman–Crippen MR) is 71.7 cm³/mol. The number of aliphatic hydroxyl groups is 1. The average molecular weight is 278 g/mol. The molecule has 0 bridgehead atoms. The van der Waals surface area contributed by atoms with Crippen molar-refractivity contribution in [2.24, 2.45) is 5.73 Å². The van der Waals surface area contributed by atoms with E-state index in [9.17, 15) is 10.2 Å². The summed E-state index contributed by atoms with van der Waals surface area (Å²) in [6.07, 6.45) is -0.0962. The SMILES string of the molecule is CC[C@H](O)[C@H](N)c1cc(OC)c(O)c(OC)c1.Cl. The van der Waals surface area contributed by atoms with Gasteiger partial charge in [-0.2, -0.15) is 0 Å². The molecule has 0 fully saturated rings. The molecule has 0 saturated heterocycles. The molecule has 5 nitrogen and oxygen atoms in total. The molecule has 0 unspecified atom stereocenters. The van der Waals surface area contributed by atoms with Crippen molar-refractivity contribution in [2.75, 3.05) is 14.2 Å². The number of ether oxygens (including phenoxy) is 2. The van der Waals surface area contributed by atoms with Gasteiger partial charge in [0.1, 0.15) is 0 Å². The minimum atomic E-state index is -0.644. The second kappa shape index (κ2) is 7.31. The zero-order valence-corrected chi connectivity index (χ0v) is 11.5. The lowest BCUT2D eigenvalue weighted by Gasteiger charge is -2.19. The molecule has 1 aromatic carbocycles. The quantitative estimate of drug-likeness (QED) is 0.761. The molecule has 0 saturated carbocycles. The van der Waals surface area contributed by atoms with Gasteiger partial charge in [0.25, 0.3) is 0 Å². The van der Waals surface area contributed by atoms with Crippen LogP contribution in [0.1, 0.15) is 24.9 Å². The van der Waals surface area contributed by atoms with Gasteiger partial charge in [-0.3, -0.25) is 0 Å². The number of halogens is 1. The molecule has 0 heterocycles. The number of hydrogen-bond donors (Lipinski definition) is 3. The molecule has 0 aliphatic rings. The molecule has 0 aliphatic carbocycles. The Balaban J connectivity index is 0.00000289. The van der Waals surface area contributed by atoms with Gasteiger partial charge in [-0.15, -0.1) is 12.4 Å². The molecule has 0 amide bonds. The molecule has 0 spiro atoms. The zero-order valence-electron chi connectivity index (χ0n) is 10.7. The Morgan fingerprint density at radius 2 is 1.67 bits per heavy atom. The van der Waals surface area contributed by atoms with Crippen LogP contribution in [0.2, 0.25) is 0 Å². The summed E-state index contributed by atoms with van der Waals surface area (Å²) in [5.74, 6) is 0.480. The number of methoxy groups -OCH3 is 2. The number of phenolic OH excluding ortho intramolecular Hbond substituents is 1. The number of aliphatic hydroxyl groups excluding tert-OH is 1. The smallest absolute Gasteiger partial charge is 0.200 e. The molecule has 0 radical (unpaired) electrons. The fourth-order valence-electron chi connectivity index (χ4n) is 1.58. The van der Waals surface area contributed by atoms with Crippen LogP contribution >= 0.6 is 12.4 Å². The number of hydrogen-bond acceptors (Lipinski definition) is 5. The number of aromatic hydroxyl groups is 1. The molecule has 18 heavy (non-hydrogen) atoms. The van der Waals surface area contributed by atoms with Gasteiger partial charge >= 0.3 is 0 Å². The highest BCUT2D eigenvalue weighted by molar-refractivity contribution is 5.85. The fraction of sp³-hybridized carbons (Fsp3) is 0.500. The highest BCUT2D eigenvalue weighted by Crippen LogP contribution is 2.38. The number of nitrogens with two attached hydrogens (primary N) is 1. The van der Waals surface area contributed by atoms with Crippen molar-refractivity contribution in [3.63, 3.8) is 0 Å². The Bertz CT molecular complexity index is 361. The maximum Gasteiger partial charge on any atom is 0.200 e. The van der Waals surface area contributed by atoms with Crippen LogP contribution in [-0.4, -0.2) is 30.5 Å². The molecule has 1 aromatic rings. The van der Waals surface area contributed by atoms with Crippen molar-refractivity contribution in [1.29, 1.82) is 0 Å². The van der Waals surface area contributed by atoms with Crippen LogP contribution in [-0.2, 0) is 0 Å². The standard InChI is InChI=1S/C12H19NO4.ClH/c1-4-8(14)11(13)7-5-9(16-2)12(15)10(6-7)17-3;/h5-6,8,11,14-15H,4,13H2,1-3H3;1H/t8-,11+;/m0./s1. The Morgan fingerprint density at radius 1 is 1.22 bits per heavy atom. The second-order valence-corrected chi connectivity index (χ2v) is 3.78. The van der Waals surface area contributed by atoms with Gasteiger partial charge in [0.05, 0.1) is 26.4 Å². The highest BCUT2D eigenvalue weighted by atomic mass is 35.5. The van der Waals surface area contributed by atoms with Gasteiger partial charge in [0.2, 0.25) is 5.75 Å². The van der Waals surface area contributed by atoms with E-state index in [0.717, 1.165) is 0 Å². The summed E-state index contributed by atoms with van der Waals surface area (Å²) in [6.45, 7) is 1.85. The van der Waals surface area contributed by atoms with Crippen molar-refractivity contribution in [2.45, 2.75) is 25.5 Å². The van der Waals surface area contributed by atoms with Crippen LogP contribution < -0.4 is 15.2 Å². The van der Waals surface area contributed by atoms with Crippen LogP contribution in [0.5, 0.6) is 17.2 Å². The lowest BCUT2D eigenvalue weighted by Crippen LogP contribution is -2.25. The molecule has 2 atom stereocenters. The summed E-state index contributed by atoms with van der Waals surface area (Å²) in [5.41, 5.74) is 6.56. The third-order valence-electron chi connectivity index (χ3n) is 2.72. The van der Waals surface area contributed by atoms with Crippen molar-refractivity contribution in [3.05, 3.63) is 17.7 Å². The maximum atomic E-state index is 9.74. The van der Waals surface area contributed by atoms with Gasteiger partial charge in [0, 0.05) is 0 Å².